The molecule has 5 rings (SSSR count). The topological polar surface area (TPSA) is 98.4 Å². The number of benzene rings is 2. The molecule has 162 valence electrons. The number of hydrogen-bond acceptors (Lipinski definition) is 4. The molecule has 2 N–H and O–H groups in total. The van der Waals surface area contributed by atoms with Crippen LogP contribution in [0.15, 0.2) is 61.1 Å². The van der Waals surface area contributed by atoms with Gasteiger partial charge in [-0.3, -0.25) is 19.3 Å². The first-order valence-electron chi connectivity index (χ1n) is 10.7. The maximum absolute atomic E-state index is 13.3. The van der Waals surface area contributed by atoms with Gasteiger partial charge in [0, 0.05) is 48.9 Å². The van der Waals surface area contributed by atoms with Gasteiger partial charge in [-0.2, -0.15) is 0 Å². The Morgan fingerprint density at radius 2 is 1.81 bits per heavy atom. The smallest absolute Gasteiger partial charge is 0.260 e. The van der Waals surface area contributed by atoms with Crippen LogP contribution in [0, 0.1) is 0 Å². The van der Waals surface area contributed by atoms with Crippen molar-refractivity contribution in [2.75, 3.05) is 18.0 Å². The standard InChI is InChI=1S/C24H23N5O3/c30-21(26-12-11-16-14-25-15-27-16)10-5-13-28-22-17-6-1-2-7-18(17)24(32)29(22)20-9-4-3-8-19(20)23(28)31/h1-4,6-9,14-15,22H,5,10-13H2,(H,25,27)(H,26,30)/t22-/m0/s1. The molecular weight excluding hydrogens is 406 g/mol. The van der Waals surface area contributed by atoms with Crippen molar-refractivity contribution < 1.29 is 14.4 Å². The summed E-state index contributed by atoms with van der Waals surface area (Å²) in [5.41, 5.74) is 3.55. The van der Waals surface area contributed by atoms with Crippen molar-refractivity contribution in [3.63, 3.8) is 0 Å². The number of nitrogens with one attached hydrogen (secondary N) is 2. The van der Waals surface area contributed by atoms with E-state index in [1.807, 2.05) is 30.3 Å². The molecule has 0 radical (unpaired) electrons. The lowest BCUT2D eigenvalue weighted by atomic mass is 10.0. The Labute approximate surface area is 185 Å². The molecule has 3 heterocycles. The molecule has 32 heavy (non-hydrogen) atoms. The second-order valence-electron chi connectivity index (χ2n) is 7.93. The zero-order valence-electron chi connectivity index (χ0n) is 17.5. The van der Waals surface area contributed by atoms with E-state index in [1.165, 1.54) is 0 Å². The number of nitrogens with zero attached hydrogens (tertiary/aromatic N) is 3. The van der Waals surface area contributed by atoms with Crippen LogP contribution in [-0.4, -0.2) is 45.7 Å². The highest BCUT2D eigenvalue weighted by Crippen LogP contribution is 2.45. The molecule has 2 aliphatic heterocycles. The molecule has 2 aromatic carbocycles. The third kappa shape index (κ3) is 3.43. The fourth-order valence-electron chi connectivity index (χ4n) is 4.46. The SMILES string of the molecule is O=C(CCCN1C(=O)c2ccccc2N2C(=O)c3ccccc3[C@@H]12)NCCc1cnc[nH]1. The van der Waals surface area contributed by atoms with Crippen LogP contribution in [0.2, 0.25) is 0 Å². The third-order valence-electron chi connectivity index (χ3n) is 5.96. The molecule has 0 unspecified atom stereocenters. The van der Waals surface area contributed by atoms with Gasteiger partial charge in [-0.25, -0.2) is 4.98 Å². The van der Waals surface area contributed by atoms with Crippen molar-refractivity contribution in [1.29, 1.82) is 0 Å². The van der Waals surface area contributed by atoms with E-state index >= 15 is 0 Å². The molecule has 1 aromatic heterocycles. The number of imidazole rings is 1. The summed E-state index contributed by atoms with van der Waals surface area (Å²) in [6.45, 7) is 0.902. The highest BCUT2D eigenvalue weighted by Gasteiger charge is 2.47. The number of hydrogen-bond donors (Lipinski definition) is 2. The lowest BCUT2D eigenvalue weighted by Gasteiger charge is -2.41. The van der Waals surface area contributed by atoms with Gasteiger partial charge in [-0.1, -0.05) is 30.3 Å². The number of H-pyrrole nitrogens is 1. The van der Waals surface area contributed by atoms with E-state index < -0.39 is 6.17 Å². The van der Waals surface area contributed by atoms with E-state index in [0.29, 0.717) is 49.2 Å². The predicted molar refractivity (Wildman–Crippen MR) is 118 cm³/mol. The van der Waals surface area contributed by atoms with Crippen LogP contribution in [-0.2, 0) is 11.2 Å². The zero-order valence-corrected chi connectivity index (χ0v) is 17.5. The molecule has 0 saturated carbocycles. The van der Waals surface area contributed by atoms with Gasteiger partial charge in [0.05, 0.1) is 17.6 Å². The fraction of sp³-hybridized carbons (Fsp3) is 0.250. The van der Waals surface area contributed by atoms with Crippen LogP contribution in [0.3, 0.4) is 0 Å². The number of anilines is 1. The molecule has 3 aromatic rings. The maximum Gasteiger partial charge on any atom is 0.260 e. The molecular formula is C24H23N5O3. The van der Waals surface area contributed by atoms with E-state index in [2.05, 4.69) is 15.3 Å². The average Bonchev–Trinajstić information content (AvgIpc) is 3.43. The maximum atomic E-state index is 13.3. The minimum Gasteiger partial charge on any atom is -0.356 e. The Bertz CT molecular complexity index is 1170. The second-order valence-corrected chi connectivity index (χ2v) is 7.93. The minimum atomic E-state index is -0.482. The van der Waals surface area contributed by atoms with E-state index in [0.717, 1.165) is 11.3 Å². The van der Waals surface area contributed by atoms with Gasteiger partial charge in [-0.05, 0) is 24.6 Å². The first kappa shape index (κ1) is 20.0. The highest BCUT2D eigenvalue weighted by atomic mass is 16.2. The van der Waals surface area contributed by atoms with Crippen LogP contribution < -0.4 is 10.2 Å². The minimum absolute atomic E-state index is 0.0610. The number of aromatic nitrogens is 2. The van der Waals surface area contributed by atoms with Crippen molar-refractivity contribution in [2.45, 2.75) is 25.4 Å². The zero-order chi connectivity index (χ0) is 22.1. The monoisotopic (exact) mass is 429 g/mol. The number of fused-ring (bicyclic) bond motifs is 5. The largest absolute Gasteiger partial charge is 0.356 e. The van der Waals surface area contributed by atoms with Gasteiger partial charge >= 0.3 is 0 Å². The fourth-order valence-corrected chi connectivity index (χ4v) is 4.46. The van der Waals surface area contributed by atoms with Crippen LogP contribution in [0.25, 0.3) is 0 Å². The van der Waals surface area contributed by atoms with Gasteiger partial charge in [0.2, 0.25) is 5.91 Å². The molecule has 0 saturated heterocycles. The summed E-state index contributed by atoms with van der Waals surface area (Å²) in [4.78, 5) is 49.1. The molecule has 0 aliphatic carbocycles. The van der Waals surface area contributed by atoms with Crippen molar-refractivity contribution in [3.05, 3.63) is 83.4 Å². The van der Waals surface area contributed by atoms with E-state index in [1.54, 1.807) is 40.5 Å². The van der Waals surface area contributed by atoms with Crippen molar-refractivity contribution in [1.82, 2.24) is 20.2 Å². The summed E-state index contributed by atoms with van der Waals surface area (Å²) in [5, 5.41) is 2.90. The molecule has 0 spiro atoms. The van der Waals surface area contributed by atoms with Crippen LogP contribution >= 0.6 is 0 Å². The number of carbonyl (C=O) groups is 3. The molecule has 0 fully saturated rings. The number of para-hydroxylation sites is 1. The summed E-state index contributed by atoms with van der Waals surface area (Å²) in [5.74, 6) is -0.285. The quantitative estimate of drug-likeness (QED) is 0.603. The average molecular weight is 429 g/mol. The van der Waals surface area contributed by atoms with Gasteiger partial charge in [0.1, 0.15) is 6.17 Å². The Balaban J connectivity index is 1.29. The van der Waals surface area contributed by atoms with Crippen LogP contribution in [0.5, 0.6) is 0 Å². The summed E-state index contributed by atoms with van der Waals surface area (Å²) in [7, 11) is 0. The number of aromatic amines is 1. The lowest BCUT2D eigenvalue weighted by molar-refractivity contribution is -0.121. The Hall–Kier alpha value is -3.94. The van der Waals surface area contributed by atoms with Crippen molar-refractivity contribution in [2.24, 2.45) is 0 Å². The molecule has 2 aliphatic rings. The number of amides is 3. The third-order valence-corrected chi connectivity index (χ3v) is 5.96. The second kappa shape index (κ2) is 8.30. The van der Waals surface area contributed by atoms with Crippen molar-refractivity contribution >= 4 is 23.4 Å². The predicted octanol–water partition coefficient (Wildman–Crippen LogP) is 2.66. The van der Waals surface area contributed by atoms with Gasteiger partial charge in [0.15, 0.2) is 0 Å². The van der Waals surface area contributed by atoms with Crippen LogP contribution in [0.1, 0.15) is 51.0 Å². The summed E-state index contributed by atoms with van der Waals surface area (Å²) >= 11 is 0. The molecule has 8 heteroatoms. The first-order valence-corrected chi connectivity index (χ1v) is 10.7. The number of rotatable bonds is 7. The van der Waals surface area contributed by atoms with Gasteiger partial charge < -0.3 is 15.2 Å². The Morgan fingerprint density at radius 3 is 2.62 bits per heavy atom. The Kier molecular flexibility index (Phi) is 5.18. The summed E-state index contributed by atoms with van der Waals surface area (Å²) in [6.07, 6.45) is 4.35. The highest BCUT2D eigenvalue weighted by molar-refractivity contribution is 6.16. The first-order chi connectivity index (χ1) is 15.6. The normalized spacial score (nSPS) is 16.6. The summed E-state index contributed by atoms with van der Waals surface area (Å²) < 4.78 is 0. The van der Waals surface area contributed by atoms with E-state index in [4.69, 9.17) is 0 Å². The lowest BCUT2D eigenvalue weighted by Crippen LogP contribution is -2.48. The summed E-state index contributed by atoms with van der Waals surface area (Å²) in [6, 6.07) is 14.6. The molecule has 8 nitrogen and oxygen atoms in total. The van der Waals surface area contributed by atoms with Gasteiger partial charge in [0.25, 0.3) is 11.8 Å². The van der Waals surface area contributed by atoms with E-state index in [9.17, 15) is 14.4 Å². The number of carbonyl (C=O) groups excluding carboxylic acids is 3. The molecule has 0 bridgehead atoms. The van der Waals surface area contributed by atoms with E-state index in [-0.39, 0.29) is 17.7 Å². The molecule has 1 atom stereocenters. The van der Waals surface area contributed by atoms with Gasteiger partial charge in [-0.15, -0.1) is 0 Å². The Morgan fingerprint density at radius 1 is 1.03 bits per heavy atom. The molecule has 3 amide bonds. The van der Waals surface area contributed by atoms with Crippen LogP contribution in [0.4, 0.5) is 5.69 Å². The van der Waals surface area contributed by atoms with Crippen molar-refractivity contribution in [3.8, 4) is 0 Å².